The molecule has 2 aromatic carbocycles. The Labute approximate surface area is 205 Å². The van der Waals surface area contributed by atoms with E-state index in [4.69, 9.17) is 4.74 Å². The molecule has 5 rings (SSSR count). The van der Waals surface area contributed by atoms with Crippen LogP contribution in [0.1, 0.15) is 50.2 Å². The highest BCUT2D eigenvalue weighted by atomic mass is 16.5. The quantitative estimate of drug-likeness (QED) is 0.650. The number of hydrogen-bond acceptors (Lipinski definition) is 4. The molecule has 184 valence electrons. The zero-order valence-electron chi connectivity index (χ0n) is 20.1. The average molecular weight is 477 g/mol. The van der Waals surface area contributed by atoms with Crippen LogP contribution in [0.5, 0.6) is 0 Å². The number of alkyl carbamates (subject to hydrolysis) is 1. The third-order valence-corrected chi connectivity index (χ3v) is 8.26. The van der Waals surface area contributed by atoms with Gasteiger partial charge in [0.05, 0.1) is 5.92 Å². The summed E-state index contributed by atoms with van der Waals surface area (Å²) in [7, 11) is 0. The third kappa shape index (κ3) is 4.17. The lowest BCUT2D eigenvalue weighted by Gasteiger charge is -2.29. The van der Waals surface area contributed by atoms with E-state index in [1.165, 1.54) is 4.90 Å². The molecule has 7 nitrogen and oxygen atoms in total. The molecule has 0 spiro atoms. The van der Waals surface area contributed by atoms with E-state index >= 15 is 0 Å². The van der Waals surface area contributed by atoms with Gasteiger partial charge >= 0.3 is 12.1 Å². The van der Waals surface area contributed by atoms with Crippen molar-refractivity contribution in [3.63, 3.8) is 0 Å². The van der Waals surface area contributed by atoms with E-state index in [1.807, 2.05) is 24.3 Å². The zero-order valence-corrected chi connectivity index (χ0v) is 20.1. The number of fused-ring (bicyclic) bond motifs is 4. The first kappa shape index (κ1) is 23.4. The van der Waals surface area contributed by atoms with Crippen LogP contribution >= 0.6 is 0 Å². The smallest absolute Gasteiger partial charge is 0.407 e. The zero-order chi connectivity index (χ0) is 24.7. The maximum Gasteiger partial charge on any atom is 0.407 e. The molecule has 2 amide bonds. The number of carbonyl (C=O) groups excluding carboxylic acids is 2. The van der Waals surface area contributed by atoms with E-state index < -0.39 is 30.1 Å². The molecule has 1 heterocycles. The highest BCUT2D eigenvalue weighted by Gasteiger charge is 2.50. The van der Waals surface area contributed by atoms with Gasteiger partial charge in [0.2, 0.25) is 5.91 Å². The summed E-state index contributed by atoms with van der Waals surface area (Å²) in [6.45, 7) is 4.19. The van der Waals surface area contributed by atoms with Gasteiger partial charge in [0.25, 0.3) is 0 Å². The second-order valence-electron chi connectivity index (χ2n) is 10.2. The lowest BCUT2D eigenvalue weighted by atomic mass is 9.94. The van der Waals surface area contributed by atoms with Crippen LogP contribution in [0.2, 0.25) is 0 Å². The molecule has 5 unspecified atom stereocenters. The van der Waals surface area contributed by atoms with E-state index in [1.54, 1.807) is 13.8 Å². The molecular weight excluding hydrogens is 444 g/mol. The fourth-order valence-electron chi connectivity index (χ4n) is 6.28. The number of nitrogens with zero attached hydrogens (tertiary/aromatic N) is 1. The number of aliphatic carboxylic acids is 1. The fraction of sp³-hybridized carbons (Fsp3) is 0.464. The van der Waals surface area contributed by atoms with E-state index in [0.29, 0.717) is 6.54 Å². The van der Waals surface area contributed by atoms with Crippen LogP contribution in [0.15, 0.2) is 48.5 Å². The Hall–Kier alpha value is -3.35. The first-order valence-corrected chi connectivity index (χ1v) is 12.5. The lowest BCUT2D eigenvalue weighted by molar-refractivity contribution is -0.151. The molecule has 1 saturated carbocycles. The maximum atomic E-state index is 13.2. The number of ether oxygens (including phenoxy) is 1. The molecule has 3 aliphatic rings. The normalized spacial score (nSPS) is 24.3. The Morgan fingerprint density at radius 1 is 1.03 bits per heavy atom. The molecule has 1 aliphatic heterocycles. The summed E-state index contributed by atoms with van der Waals surface area (Å²) < 4.78 is 5.62. The van der Waals surface area contributed by atoms with Crippen molar-refractivity contribution in [1.29, 1.82) is 0 Å². The molecule has 0 radical (unpaired) electrons. The number of nitrogens with one attached hydrogen (secondary N) is 1. The maximum absolute atomic E-state index is 13.2. The summed E-state index contributed by atoms with van der Waals surface area (Å²) in [5.41, 5.74) is 4.59. The van der Waals surface area contributed by atoms with Crippen LogP contribution in [-0.4, -0.2) is 53.2 Å². The van der Waals surface area contributed by atoms with Crippen LogP contribution in [0.3, 0.4) is 0 Å². The molecular formula is C28H32N2O5. The Kier molecular flexibility index (Phi) is 6.26. The first-order valence-electron chi connectivity index (χ1n) is 12.5. The van der Waals surface area contributed by atoms with Crippen molar-refractivity contribution in [2.75, 3.05) is 13.2 Å². The number of likely N-dealkylation sites (tertiary alicyclic amines) is 1. The lowest BCUT2D eigenvalue weighted by Crippen LogP contribution is -2.50. The van der Waals surface area contributed by atoms with Crippen LogP contribution in [0.25, 0.3) is 11.1 Å². The molecule has 2 fully saturated rings. The molecule has 0 bridgehead atoms. The molecule has 0 aromatic heterocycles. The van der Waals surface area contributed by atoms with Gasteiger partial charge in [-0.2, -0.15) is 0 Å². The fourth-order valence-corrected chi connectivity index (χ4v) is 6.28. The summed E-state index contributed by atoms with van der Waals surface area (Å²) in [5, 5.41) is 12.6. The van der Waals surface area contributed by atoms with Gasteiger partial charge in [-0.15, -0.1) is 0 Å². The summed E-state index contributed by atoms with van der Waals surface area (Å²) in [6, 6.07) is 15.0. The van der Waals surface area contributed by atoms with E-state index in [2.05, 4.69) is 29.6 Å². The van der Waals surface area contributed by atoms with Gasteiger partial charge in [0.15, 0.2) is 0 Å². The minimum Gasteiger partial charge on any atom is -0.480 e. The van der Waals surface area contributed by atoms with E-state index in [-0.39, 0.29) is 30.3 Å². The number of carboxylic acid groups (broad SMARTS) is 1. The minimum atomic E-state index is -0.933. The molecule has 5 atom stereocenters. The second-order valence-corrected chi connectivity index (χ2v) is 10.2. The molecule has 2 N–H and O–H groups in total. The number of carbonyl (C=O) groups is 3. The van der Waals surface area contributed by atoms with Crippen LogP contribution in [-0.2, 0) is 14.3 Å². The number of amides is 2. The number of benzene rings is 2. The van der Waals surface area contributed by atoms with Crippen LogP contribution < -0.4 is 5.32 Å². The van der Waals surface area contributed by atoms with Crippen LogP contribution in [0, 0.1) is 17.8 Å². The molecule has 7 heteroatoms. The summed E-state index contributed by atoms with van der Waals surface area (Å²) >= 11 is 0. The monoisotopic (exact) mass is 476 g/mol. The number of carboxylic acids is 1. The first-order chi connectivity index (χ1) is 16.9. The minimum absolute atomic E-state index is 0.0362. The van der Waals surface area contributed by atoms with Gasteiger partial charge in [-0.25, -0.2) is 9.59 Å². The predicted octanol–water partition coefficient (Wildman–Crippen LogP) is 4.26. The molecule has 2 aliphatic carbocycles. The molecule has 2 aromatic rings. The molecule has 1 saturated heterocycles. The molecule has 35 heavy (non-hydrogen) atoms. The third-order valence-electron chi connectivity index (χ3n) is 8.26. The van der Waals surface area contributed by atoms with Crippen molar-refractivity contribution in [2.24, 2.45) is 17.8 Å². The van der Waals surface area contributed by atoms with Crippen LogP contribution in [0.4, 0.5) is 4.79 Å². The van der Waals surface area contributed by atoms with Crippen molar-refractivity contribution in [3.8, 4) is 11.1 Å². The standard InChI is InChI=1S/C28H32N2O5/c1-16(26(31)30-14-18-8-7-13-19(18)25(30)27(32)33)17(2)29-28(34)35-15-24-22-11-5-3-9-20(22)21-10-4-6-12-23(21)24/h3-6,9-12,16-19,24-25H,7-8,13-15H2,1-2H3,(H,29,34)(H,32,33). The predicted molar refractivity (Wildman–Crippen MR) is 131 cm³/mol. The Morgan fingerprint density at radius 2 is 1.66 bits per heavy atom. The summed E-state index contributed by atoms with van der Waals surface area (Å²) in [5.74, 6) is -1.46. The Morgan fingerprint density at radius 3 is 2.29 bits per heavy atom. The highest BCUT2D eigenvalue weighted by molar-refractivity contribution is 5.87. The number of rotatable bonds is 6. The van der Waals surface area contributed by atoms with Gasteiger partial charge in [-0.3, -0.25) is 4.79 Å². The largest absolute Gasteiger partial charge is 0.480 e. The second kappa shape index (κ2) is 9.36. The van der Waals surface area contributed by atoms with Crippen molar-refractivity contribution in [1.82, 2.24) is 10.2 Å². The van der Waals surface area contributed by atoms with Gasteiger partial charge in [-0.1, -0.05) is 61.9 Å². The summed E-state index contributed by atoms with van der Waals surface area (Å²) in [4.78, 5) is 39.3. The topological polar surface area (TPSA) is 95.9 Å². The summed E-state index contributed by atoms with van der Waals surface area (Å²) in [6.07, 6.45) is 2.27. The van der Waals surface area contributed by atoms with E-state index in [0.717, 1.165) is 41.5 Å². The Bertz CT molecular complexity index is 1100. The number of hydrogen-bond donors (Lipinski definition) is 2. The van der Waals surface area contributed by atoms with Gasteiger partial charge in [0, 0.05) is 18.5 Å². The van der Waals surface area contributed by atoms with Crippen molar-refractivity contribution in [2.45, 2.75) is 51.1 Å². The SMILES string of the molecule is CC(NC(=O)OCC1c2ccccc2-c2ccccc21)C(C)C(=O)N1CC2CCCC2C1C(=O)O. The Balaban J connectivity index is 1.20. The van der Waals surface area contributed by atoms with Crippen molar-refractivity contribution in [3.05, 3.63) is 59.7 Å². The van der Waals surface area contributed by atoms with Crippen molar-refractivity contribution >= 4 is 18.0 Å². The van der Waals surface area contributed by atoms with E-state index in [9.17, 15) is 19.5 Å². The average Bonchev–Trinajstić information content (AvgIpc) is 3.53. The van der Waals surface area contributed by atoms with Gasteiger partial charge in [0.1, 0.15) is 12.6 Å². The van der Waals surface area contributed by atoms with Crippen molar-refractivity contribution < 1.29 is 24.2 Å². The van der Waals surface area contributed by atoms with Gasteiger partial charge < -0.3 is 20.1 Å². The van der Waals surface area contributed by atoms with Gasteiger partial charge in [-0.05, 0) is 53.9 Å². The highest BCUT2D eigenvalue weighted by Crippen LogP contribution is 2.45.